The minimum absolute atomic E-state index is 0.125. The molecule has 8 rings (SSSR count). The number of rotatable bonds is 8. The van der Waals surface area contributed by atoms with Gasteiger partial charge in [0.15, 0.2) is 23.0 Å². The number of hydrogen-bond acceptors (Lipinski definition) is 8. The topological polar surface area (TPSA) is 79.4 Å². The fourth-order valence-electron chi connectivity index (χ4n) is 6.58. The zero-order chi connectivity index (χ0) is 38.1. The number of halogens is 2. The van der Waals surface area contributed by atoms with Crippen molar-refractivity contribution in [2.24, 2.45) is 11.8 Å². The molecule has 1 unspecified atom stereocenters. The second kappa shape index (κ2) is 15.3. The monoisotopic (exact) mass is 677 g/mol. The molecule has 0 aliphatic carbocycles. The first kappa shape index (κ1) is 27.3. The minimum atomic E-state index is -2.25. The van der Waals surface area contributed by atoms with E-state index in [1.54, 1.807) is 31.2 Å². The van der Waals surface area contributed by atoms with Crippen molar-refractivity contribution in [2.45, 2.75) is 37.9 Å². The summed E-state index contributed by atoms with van der Waals surface area (Å²) in [5, 5.41) is 6.61. The van der Waals surface area contributed by atoms with Gasteiger partial charge in [-0.25, -0.2) is 8.78 Å². The van der Waals surface area contributed by atoms with E-state index in [1.807, 2.05) is 18.2 Å². The molecule has 2 N–H and O–H groups in total. The maximum Gasteiger partial charge on any atom is 0.238 e. The van der Waals surface area contributed by atoms with Crippen LogP contribution < -0.4 is 39.1 Å². The van der Waals surface area contributed by atoms with Gasteiger partial charge in [-0.2, -0.15) is 0 Å². The van der Waals surface area contributed by atoms with Gasteiger partial charge in [-0.3, -0.25) is 0 Å². The van der Waals surface area contributed by atoms with Crippen LogP contribution in [0.2, 0.25) is 0 Å². The van der Waals surface area contributed by atoms with Gasteiger partial charge in [-0.05, 0) is 97.4 Å². The van der Waals surface area contributed by atoms with Gasteiger partial charge in [-0.15, -0.1) is 0 Å². The summed E-state index contributed by atoms with van der Waals surface area (Å²) >= 11 is 0. The molecular formula is C39H42F2N2O6. The Kier molecular flexibility index (Phi) is 8.55. The van der Waals surface area contributed by atoms with Crippen LogP contribution >= 0.6 is 0 Å². The Labute approximate surface area is 292 Å². The van der Waals surface area contributed by atoms with Crippen LogP contribution in [0.3, 0.4) is 0 Å². The van der Waals surface area contributed by atoms with E-state index in [0.29, 0.717) is 48.7 Å². The largest absolute Gasteiger partial charge is 0.493 e. The van der Waals surface area contributed by atoms with Crippen LogP contribution in [0.5, 0.6) is 34.5 Å². The predicted molar refractivity (Wildman–Crippen MR) is 181 cm³/mol. The van der Waals surface area contributed by atoms with E-state index in [4.69, 9.17) is 35.3 Å². The van der Waals surface area contributed by atoms with E-state index in [1.165, 1.54) is 42.5 Å². The number of nitrogens with one attached hydrogen (secondary N) is 2. The highest BCUT2D eigenvalue weighted by molar-refractivity contribution is 5.48. The Morgan fingerprint density at radius 2 is 1.27 bits per heavy atom. The van der Waals surface area contributed by atoms with E-state index >= 15 is 0 Å². The molecule has 0 saturated carbocycles. The molecule has 0 aromatic heterocycles. The van der Waals surface area contributed by atoms with Crippen molar-refractivity contribution in [2.75, 3.05) is 46.1 Å². The Morgan fingerprint density at radius 1 is 0.714 bits per heavy atom. The Hall–Kier alpha value is -4.54. The molecule has 10 heteroatoms. The highest BCUT2D eigenvalue weighted by Crippen LogP contribution is 2.39. The third-order valence-electron chi connectivity index (χ3n) is 9.12. The summed E-state index contributed by atoms with van der Waals surface area (Å²) in [7, 11) is 0. The lowest BCUT2D eigenvalue weighted by molar-refractivity contribution is 0.0678. The molecule has 0 spiro atoms. The SMILES string of the molecule is [2H]C1(C)Oc2ccc(OC[C@@H]3CNCC[C@H]3c3ccc(F)cc3)cc2O1.[2H]C1([2H])Oc2ccc(OC([2H])([2H])[C@@H]3CNCC[C@H]3c3ccc(F)cc3)cc2O1. The van der Waals surface area contributed by atoms with Crippen molar-refractivity contribution in [1.82, 2.24) is 10.6 Å². The molecule has 8 nitrogen and oxygen atoms in total. The molecule has 4 aromatic carbocycles. The van der Waals surface area contributed by atoms with Crippen molar-refractivity contribution in [3.63, 3.8) is 0 Å². The van der Waals surface area contributed by atoms with Gasteiger partial charge in [0.1, 0.15) is 27.2 Å². The molecule has 258 valence electrons. The summed E-state index contributed by atoms with van der Waals surface area (Å²) in [6, 6.07) is 22.7. The Bertz CT molecular complexity index is 1920. The smallest absolute Gasteiger partial charge is 0.238 e. The van der Waals surface area contributed by atoms with Gasteiger partial charge in [0.25, 0.3) is 0 Å². The summed E-state index contributed by atoms with van der Waals surface area (Å²) in [6.07, 6.45) is 0.320. The minimum Gasteiger partial charge on any atom is -0.493 e. The van der Waals surface area contributed by atoms with Crippen LogP contribution in [0.4, 0.5) is 8.78 Å². The van der Waals surface area contributed by atoms with Crippen molar-refractivity contribution >= 4 is 0 Å². The molecule has 0 bridgehead atoms. The fourth-order valence-corrected chi connectivity index (χ4v) is 6.58. The second-order valence-electron chi connectivity index (χ2n) is 12.4. The second-order valence-corrected chi connectivity index (χ2v) is 12.4. The van der Waals surface area contributed by atoms with Gasteiger partial charge in [0, 0.05) is 44.0 Å². The van der Waals surface area contributed by atoms with Crippen LogP contribution in [-0.2, 0) is 0 Å². The fraction of sp³-hybridized carbons (Fsp3) is 0.385. The Balaban J connectivity index is 0.000000167. The predicted octanol–water partition coefficient (Wildman–Crippen LogP) is 7.04. The highest BCUT2D eigenvalue weighted by atomic mass is 19.1. The lowest BCUT2D eigenvalue weighted by Crippen LogP contribution is -2.38. The number of ether oxygens (including phenoxy) is 6. The number of piperidine rings is 2. The standard InChI is InChI=1S/C20H22FNO3.C19H20FNO3/c1-13-24-19-7-6-17(10-20(19)25-13)23-12-15-11-22-9-8-18(15)14-2-4-16(21)5-3-14;20-15-3-1-13(2-4-15)17-7-8-21-10-14(17)11-22-16-5-6-18-19(9-16)24-12-23-18/h2-7,10,13,15,18,22H,8-9,11-12H2,1H3;1-6,9,14,17,21H,7-8,10-12H2/t13?,15-,18-;14-,17-/m00/s1/i13D;11D2,12D2. The summed E-state index contributed by atoms with van der Waals surface area (Å²) in [6.45, 7) is 0.805. The summed E-state index contributed by atoms with van der Waals surface area (Å²) in [4.78, 5) is 0. The third kappa shape index (κ3) is 8.20. The quantitative estimate of drug-likeness (QED) is 0.206. The molecule has 5 atom stereocenters. The van der Waals surface area contributed by atoms with E-state index in [0.717, 1.165) is 37.2 Å². The highest BCUT2D eigenvalue weighted by Gasteiger charge is 2.29. The van der Waals surface area contributed by atoms with E-state index in [-0.39, 0.29) is 34.8 Å². The molecule has 49 heavy (non-hydrogen) atoms. The number of benzene rings is 4. The molecular weight excluding hydrogens is 630 g/mol. The zero-order valence-corrected chi connectivity index (χ0v) is 27.0. The third-order valence-corrected chi connectivity index (χ3v) is 9.12. The number of hydrogen-bond donors (Lipinski definition) is 2. The average Bonchev–Trinajstić information content (AvgIpc) is 3.63. The first-order valence-corrected chi connectivity index (χ1v) is 16.5. The lowest BCUT2D eigenvalue weighted by Gasteiger charge is -2.32. The van der Waals surface area contributed by atoms with Gasteiger partial charge < -0.3 is 39.1 Å². The van der Waals surface area contributed by atoms with Crippen LogP contribution in [0.15, 0.2) is 84.9 Å². The van der Waals surface area contributed by atoms with Gasteiger partial charge >= 0.3 is 0 Å². The average molecular weight is 678 g/mol. The molecule has 4 aromatic rings. The van der Waals surface area contributed by atoms with Crippen LogP contribution in [-0.4, -0.2) is 52.4 Å². The van der Waals surface area contributed by atoms with Crippen molar-refractivity contribution in [1.29, 1.82) is 0 Å². The lowest BCUT2D eigenvalue weighted by atomic mass is 9.81. The molecule has 4 aliphatic heterocycles. The van der Waals surface area contributed by atoms with Crippen molar-refractivity contribution in [3.8, 4) is 34.5 Å². The van der Waals surface area contributed by atoms with Crippen molar-refractivity contribution < 1.29 is 44.1 Å². The van der Waals surface area contributed by atoms with Gasteiger partial charge in [-0.1, -0.05) is 24.3 Å². The molecule has 4 heterocycles. The molecule has 0 amide bonds. The molecule has 2 saturated heterocycles. The van der Waals surface area contributed by atoms with Crippen LogP contribution in [0.25, 0.3) is 0 Å². The molecule has 0 radical (unpaired) electrons. The maximum absolute atomic E-state index is 13.3. The zero-order valence-electron chi connectivity index (χ0n) is 32.0. The number of fused-ring (bicyclic) bond motifs is 2. The van der Waals surface area contributed by atoms with Crippen LogP contribution in [0, 0.1) is 23.5 Å². The van der Waals surface area contributed by atoms with E-state index in [9.17, 15) is 8.78 Å². The summed E-state index contributed by atoms with van der Waals surface area (Å²) < 4.78 is 98.9. The van der Waals surface area contributed by atoms with Crippen molar-refractivity contribution in [3.05, 3.63) is 108 Å². The first-order chi connectivity index (χ1) is 25.7. The van der Waals surface area contributed by atoms with Gasteiger partial charge in [0.05, 0.1) is 15.9 Å². The molecule has 2 fully saturated rings. The maximum atomic E-state index is 13.3. The first-order valence-electron chi connectivity index (χ1n) is 19.0. The summed E-state index contributed by atoms with van der Waals surface area (Å²) in [5.74, 6) is 1.85. The van der Waals surface area contributed by atoms with E-state index in [2.05, 4.69) is 10.6 Å². The van der Waals surface area contributed by atoms with Crippen LogP contribution in [0.1, 0.15) is 49.6 Å². The van der Waals surface area contributed by atoms with E-state index < -0.39 is 25.5 Å². The Morgan fingerprint density at radius 3 is 1.96 bits per heavy atom. The van der Waals surface area contributed by atoms with Gasteiger partial charge in [0.2, 0.25) is 13.0 Å². The molecule has 4 aliphatic rings. The summed E-state index contributed by atoms with van der Waals surface area (Å²) in [5.41, 5.74) is 2.02. The normalized spacial score (nSPS) is 28.0.